The molecule has 1 aromatic heterocycles. The third-order valence-electron chi connectivity index (χ3n) is 4.11. The van der Waals surface area contributed by atoms with Crippen molar-refractivity contribution >= 4 is 27.4 Å². The molecule has 140 valence electrons. The van der Waals surface area contributed by atoms with E-state index in [1.54, 1.807) is 18.2 Å². The second-order valence-electron chi connectivity index (χ2n) is 6.24. The minimum absolute atomic E-state index is 0.127. The highest BCUT2D eigenvalue weighted by Gasteiger charge is 2.17. The number of nitrogens with one attached hydrogen (secondary N) is 2. The third-order valence-corrected chi connectivity index (χ3v) is 5.48. The Labute approximate surface area is 158 Å². The average Bonchev–Trinajstić information content (AvgIpc) is 2.95. The summed E-state index contributed by atoms with van der Waals surface area (Å²) in [7, 11) is -3.74. The van der Waals surface area contributed by atoms with Gasteiger partial charge < -0.3 is 9.88 Å². The van der Waals surface area contributed by atoms with Gasteiger partial charge in [0.25, 0.3) is 10.0 Å². The van der Waals surface area contributed by atoms with Crippen LogP contribution >= 0.6 is 0 Å². The summed E-state index contributed by atoms with van der Waals surface area (Å²) < 4.78 is 30.0. The largest absolute Gasteiger partial charge is 0.327 e. The van der Waals surface area contributed by atoms with Gasteiger partial charge in [-0.1, -0.05) is 30.3 Å². The number of nitrogens with zero attached hydrogens (tertiary/aromatic N) is 1. The summed E-state index contributed by atoms with van der Waals surface area (Å²) in [6.45, 7) is 3.90. The van der Waals surface area contributed by atoms with Crippen LogP contribution in [0.2, 0.25) is 0 Å². The van der Waals surface area contributed by atoms with Gasteiger partial charge in [-0.25, -0.2) is 8.42 Å². The fourth-order valence-electron chi connectivity index (χ4n) is 2.75. The fraction of sp³-hybridized carbons (Fsp3) is 0.150. The summed E-state index contributed by atoms with van der Waals surface area (Å²) >= 11 is 0. The molecule has 2 aromatic carbocycles. The smallest absolute Gasteiger partial charge is 0.263 e. The molecule has 0 unspecified atom stereocenters. The van der Waals surface area contributed by atoms with Crippen LogP contribution in [0.15, 0.2) is 71.6 Å². The zero-order chi connectivity index (χ0) is 19.4. The van der Waals surface area contributed by atoms with Crippen LogP contribution in [0.1, 0.15) is 18.2 Å². The quantitative estimate of drug-likeness (QED) is 0.682. The van der Waals surface area contributed by atoms with Gasteiger partial charge in [0.05, 0.1) is 4.90 Å². The van der Waals surface area contributed by atoms with E-state index in [0.29, 0.717) is 18.1 Å². The second kappa shape index (κ2) is 7.67. The molecule has 0 aliphatic heterocycles. The molecule has 27 heavy (non-hydrogen) atoms. The molecule has 0 bridgehead atoms. The molecule has 0 aliphatic rings. The number of aryl methyl sites for hydroxylation is 1. The van der Waals surface area contributed by atoms with Gasteiger partial charge in [-0.2, -0.15) is 0 Å². The summed E-state index contributed by atoms with van der Waals surface area (Å²) in [6.07, 6.45) is 0. The summed E-state index contributed by atoms with van der Waals surface area (Å²) in [5.74, 6) is 0.292. The minimum atomic E-state index is -3.74. The van der Waals surface area contributed by atoms with Gasteiger partial charge in [0.15, 0.2) is 0 Å². The summed E-state index contributed by atoms with van der Waals surface area (Å²) in [5.41, 5.74) is 2.58. The SMILES string of the molecule is CC(=O)Nc1ccc(S(=O)(=O)Nc2ccc(C)n2Cc2ccccc2)cc1. The highest BCUT2D eigenvalue weighted by atomic mass is 32.2. The molecule has 1 heterocycles. The molecule has 0 atom stereocenters. The number of benzene rings is 2. The first-order valence-electron chi connectivity index (χ1n) is 8.46. The lowest BCUT2D eigenvalue weighted by molar-refractivity contribution is -0.114. The van der Waals surface area contributed by atoms with E-state index in [2.05, 4.69) is 10.0 Å². The highest BCUT2D eigenvalue weighted by molar-refractivity contribution is 7.92. The minimum Gasteiger partial charge on any atom is -0.327 e. The van der Waals surface area contributed by atoms with E-state index in [-0.39, 0.29) is 10.8 Å². The van der Waals surface area contributed by atoms with E-state index in [4.69, 9.17) is 0 Å². The Morgan fingerprint density at radius 1 is 0.963 bits per heavy atom. The lowest BCUT2D eigenvalue weighted by Crippen LogP contribution is -2.17. The average molecular weight is 383 g/mol. The van der Waals surface area contributed by atoms with Crippen molar-refractivity contribution in [3.8, 4) is 0 Å². The Hall–Kier alpha value is -3.06. The topological polar surface area (TPSA) is 80.2 Å². The molecule has 0 fully saturated rings. The Morgan fingerprint density at radius 3 is 2.26 bits per heavy atom. The van der Waals surface area contributed by atoms with Gasteiger partial charge in [-0.05, 0) is 48.9 Å². The van der Waals surface area contributed by atoms with Crippen molar-refractivity contribution in [1.82, 2.24) is 4.57 Å². The summed E-state index contributed by atoms with van der Waals surface area (Å²) in [5, 5.41) is 2.61. The Balaban J connectivity index is 1.83. The van der Waals surface area contributed by atoms with Crippen LogP contribution in [0, 0.1) is 6.92 Å². The van der Waals surface area contributed by atoms with E-state index in [9.17, 15) is 13.2 Å². The molecule has 0 radical (unpaired) electrons. The maximum atomic E-state index is 12.7. The number of anilines is 2. The van der Waals surface area contributed by atoms with Gasteiger partial charge in [0, 0.05) is 24.8 Å². The summed E-state index contributed by atoms with van der Waals surface area (Å²) in [4.78, 5) is 11.2. The van der Waals surface area contributed by atoms with Crippen molar-refractivity contribution in [2.24, 2.45) is 0 Å². The predicted octanol–water partition coefficient (Wildman–Crippen LogP) is 3.60. The lowest BCUT2D eigenvalue weighted by atomic mass is 10.2. The molecule has 2 N–H and O–H groups in total. The number of hydrogen-bond acceptors (Lipinski definition) is 3. The first-order valence-corrected chi connectivity index (χ1v) is 9.94. The van der Waals surface area contributed by atoms with Crippen molar-refractivity contribution in [2.45, 2.75) is 25.3 Å². The molecule has 0 saturated heterocycles. The normalized spacial score (nSPS) is 11.2. The molecule has 0 spiro atoms. The van der Waals surface area contributed by atoms with Gasteiger partial charge in [-0.3, -0.25) is 9.52 Å². The number of aromatic nitrogens is 1. The number of carbonyl (C=O) groups is 1. The van der Waals surface area contributed by atoms with E-state index in [1.165, 1.54) is 19.1 Å². The molecule has 6 nitrogen and oxygen atoms in total. The number of carbonyl (C=O) groups excluding carboxylic acids is 1. The van der Waals surface area contributed by atoms with Crippen LogP contribution in [-0.2, 0) is 21.4 Å². The number of rotatable bonds is 6. The van der Waals surface area contributed by atoms with Crippen molar-refractivity contribution in [1.29, 1.82) is 0 Å². The van der Waals surface area contributed by atoms with Crippen LogP contribution in [0.5, 0.6) is 0 Å². The highest BCUT2D eigenvalue weighted by Crippen LogP contribution is 2.21. The first kappa shape index (κ1) is 18.7. The molecule has 7 heteroatoms. The molecule has 1 amide bonds. The molecule has 3 rings (SSSR count). The van der Waals surface area contributed by atoms with Crippen molar-refractivity contribution < 1.29 is 13.2 Å². The van der Waals surface area contributed by atoms with Gasteiger partial charge in [-0.15, -0.1) is 0 Å². The van der Waals surface area contributed by atoms with Crippen LogP contribution < -0.4 is 10.0 Å². The van der Waals surface area contributed by atoms with Crippen molar-refractivity contribution in [2.75, 3.05) is 10.0 Å². The molecule has 0 aliphatic carbocycles. The van der Waals surface area contributed by atoms with Gasteiger partial charge in [0.2, 0.25) is 5.91 Å². The summed E-state index contributed by atoms with van der Waals surface area (Å²) in [6, 6.07) is 19.5. The monoisotopic (exact) mass is 383 g/mol. The van der Waals surface area contributed by atoms with E-state index in [1.807, 2.05) is 47.9 Å². The Morgan fingerprint density at radius 2 is 1.63 bits per heavy atom. The molecular formula is C20H21N3O3S. The van der Waals surface area contributed by atoms with Gasteiger partial charge >= 0.3 is 0 Å². The van der Waals surface area contributed by atoms with Crippen molar-refractivity contribution in [3.63, 3.8) is 0 Å². The number of amides is 1. The maximum Gasteiger partial charge on any atom is 0.263 e. The third kappa shape index (κ3) is 4.57. The molecule has 0 saturated carbocycles. The zero-order valence-corrected chi connectivity index (χ0v) is 16.0. The second-order valence-corrected chi connectivity index (χ2v) is 7.93. The number of sulfonamides is 1. The number of hydrogen-bond donors (Lipinski definition) is 2. The maximum absolute atomic E-state index is 12.7. The molecule has 3 aromatic rings. The molecular weight excluding hydrogens is 362 g/mol. The first-order chi connectivity index (χ1) is 12.8. The van der Waals surface area contributed by atoms with Gasteiger partial charge in [0.1, 0.15) is 5.82 Å². The van der Waals surface area contributed by atoms with Crippen LogP contribution in [0.25, 0.3) is 0 Å². The van der Waals surface area contributed by atoms with Crippen LogP contribution in [0.3, 0.4) is 0 Å². The van der Waals surface area contributed by atoms with E-state index >= 15 is 0 Å². The van der Waals surface area contributed by atoms with Crippen LogP contribution in [-0.4, -0.2) is 18.9 Å². The Bertz CT molecular complexity index is 1040. The predicted molar refractivity (Wildman–Crippen MR) is 106 cm³/mol. The Kier molecular flexibility index (Phi) is 5.32. The van der Waals surface area contributed by atoms with E-state index in [0.717, 1.165) is 11.3 Å². The fourth-order valence-corrected chi connectivity index (χ4v) is 3.82. The van der Waals surface area contributed by atoms with Crippen LogP contribution in [0.4, 0.5) is 11.5 Å². The van der Waals surface area contributed by atoms with E-state index < -0.39 is 10.0 Å². The van der Waals surface area contributed by atoms with Crippen molar-refractivity contribution in [3.05, 3.63) is 78.0 Å². The zero-order valence-electron chi connectivity index (χ0n) is 15.1. The lowest BCUT2D eigenvalue weighted by Gasteiger charge is -2.14. The standard InChI is InChI=1S/C20H21N3O3S/c1-15-8-13-20(23(15)14-17-6-4-3-5-7-17)22-27(25,26)19-11-9-18(10-12-19)21-16(2)24/h3-13,22H,14H2,1-2H3,(H,21,24).